The first-order valence-corrected chi connectivity index (χ1v) is 47.3. The molecular formula is C88H122ClN13O20S4. The van der Waals surface area contributed by atoms with Gasteiger partial charge in [0.15, 0.2) is 0 Å². The highest BCUT2D eigenvalue weighted by Gasteiger charge is 2.64. The second kappa shape index (κ2) is 50.1. The number of benzene rings is 4. The summed E-state index contributed by atoms with van der Waals surface area (Å²) in [5.74, 6) is -8.24. The van der Waals surface area contributed by atoms with Crippen LogP contribution in [0, 0.1) is 5.92 Å². The largest absolute Gasteiger partial charge is 0.495 e. The predicted octanol–water partition coefficient (Wildman–Crippen LogP) is 4.93. The van der Waals surface area contributed by atoms with Gasteiger partial charge in [0, 0.05) is 92.4 Å². The lowest BCUT2D eigenvalue weighted by molar-refractivity contribution is -0.162. The van der Waals surface area contributed by atoms with E-state index in [2.05, 4.69) is 47.5 Å². The molecule has 2 bridgehead atoms. The standard InChI is InChI=1S/C88H122ClN13O20S4/c1-49-23-22-31-70(118-10)69(106)43-71(120-87(91)117)51(3)78-88(7,122-78)73(44-75(108)102(9)68-40-57(37-49)41-72(119-11)76(68)89)121-86(116)52(4)101(8)74(107)33-36-123-126-50(2)32-35-92-62(38-55-24-14-12-15-25-55)80(110)98-66-47-124-125-48-67(84(114)97-65(46-103)53(5)104)99-85(115)77(54(6)105)100-79(109)61(30-20-21-34-90)94-82(112)64(42-58-45-93-60-29-19-18-28-59(58)60)96-81(111)63(95-83(66)113)39-56-26-16-13-17-27-56/h12-19,22-29,31,40-41,45,50-54,61-67,69-71,73,77-78,92-93,103-106H,20-21,30,32-39,42-44,46-48,90H2,1-11H3,(H2,91,117)(H,94,112)(H,95,113)(H,96,111)(H,97,114)(H,98,110)(H,99,115)(H,100,109)/b31-22+,49-23+/t50?,51-,52+,53-,54-,61+,62-,63+,64-,65-,66+,67+,69?,70-,71+,73+,77+,78+,88+/m1/s1. The summed E-state index contributed by atoms with van der Waals surface area (Å²) >= 11 is 6.90. The van der Waals surface area contributed by atoms with Crippen LogP contribution in [0.2, 0.25) is 5.02 Å². The summed E-state index contributed by atoms with van der Waals surface area (Å²) in [6.07, 6.45) is -1.37. The number of anilines is 1. The predicted molar refractivity (Wildman–Crippen MR) is 488 cm³/mol. The first-order valence-electron chi connectivity index (χ1n) is 42.0. The number of esters is 1. The summed E-state index contributed by atoms with van der Waals surface area (Å²) in [6, 6.07) is 16.5. The van der Waals surface area contributed by atoms with Crippen LogP contribution in [0.1, 0.15) is 116 Å². The van der Waals surface area contributed by atoms with Crippen LogP contribution in [-0.4, -0.2) is 269 Å². The number of aromatic nitrogens is 1. The maximum absolute atomic E-state index is 15.4. The molecule has 33 nitrogen and oxygen atoms in total. The van der Waals surface area contributed by atoms with Crippen LogP contribution >= 0.6 is 54.8 Å². The zero-order valence-electron chi connectivity index (χ0n) is 72.8. The lowest BCUT2D eigenvalue weighted by Gasteiger charge is -2.30. The number of halogens is 1. The second-order valence-electron chi connectivity index (χ2n) is 32.2. The van der Waals surface area contributed by atoms with Crippen LogP contribution in [0.25, 0.3) is 10.9 Å². The topological polar surface area (TPSA) is 489 Å². The minimum Gasteiger partial charge on any atom is -0.495 e. The molecule has 3 aliphatic rings. The number of allylic oxidation sites excluding steroid dienone is 3. The number of methoxy groups -OCH3 is 2. The molecule has 0 spiro atoms. The Morgan fingerprint density at radius 1 is 0.825 bits per heavy atom. The number of primary amides is 1. The number of hydrogen-bond donors (Lipinski definition) is 15. The van der Waals surface area contributed by atoms with Gasteiger partial charge in [-0.05, 0) is 127 Å². The van der Waals surface area contributed by atoms with Gasteiger partial charge in [-0.1, -0.05) is 171 Å². The van der Waals surface area contributed by atoms with Crippen LogP contribution in [0.5, 0.6) is 5.75 Å². The van der Waals surface area contributed by atoms with Crippen molar-refractivity contribution in [1.82, 2.24) is 52.4 Å². The molecule has 5 aromatic rings. The summed E-state index contributed by atoms with van der Waals surface area (Å²) in [7, 11) is 10.8. The van der Waals surface area contributed by atoms with Gasteiger partial charge in [-0.25, -0.2) is 9.59 Å². The smallest absolute Gasteiger partial charge is 0.404 e. The zero-order chi connectivity index (χ0) is 92.1. The molecule has 126 heavy (non-hydrogen) atoms. The van der Waals surface area contributed by atoms with E-state index < -0.39 is 187 Å². The number of aliphatic hydroxyl groups excluding tert-OH is 4. The lowest BCUT2D eigenvalue weighted by atomic mass is 9.85. The number of nitrogens with one attached hydrogen (secondary N) is 9. The van der Waals surface area contributed by atoms with Crippen molar-refractivity contribution >= 4 is 137 Å². The Labute approximate surface area is 755 Å². The van der Waals surface area contributed by atoms with E-state index >= 15 is 19.2 Å². The maximum Gasteiger partial charge on any atom is 0.404 e. The van der Waals surface area contributed by atoms with Gasteiger partial charge >= 0.3 is 12.1 Å². The fraction of sp³-hybridized carbons (Fsp3) is 0.534. The average molecular weight is 1850 g/mol. The summed E-state index contributed by atoms with van der Waals surface area (Å²) in [4.78, 5) is 165. The first-order chi connectivity index (χ1) is 60.1. The molecule has 2 fully saturated rings. The SMILES string of the molecule is COc1cc2cc(c1Cl)N(C)C(=O)C[C@H](OC(=O)[C@H](C)N(C)C(=O)CCSSC(C)CCN[C@H](Cc1ccccc1)C(=O)N[C@H]1CSSC[C@@H](C(=O)N[C@H](CO)[C@@H](C)O)NC(=O)[C@H]([C@@H](C)O)NC(=O)[C@H](CCCCN)NC(=O)[C@@H](Cc3c[nH]c4ccccc34)NC(=O)[C@H](Cc3ccccc3)NC1=O)[C@]1(C)O[C@H]1[C@H](C)[C@@H](OC(N)=O)CC(O)[C@H](OC)/C=C/C=C(\C)C2. The molecular weight excluding hydrogens is 1720 g/mol. The van der Waals surface area contributed by atoms with E-state index in [4.69, 9.17) is 46.8 Å². The summed E-state index contributed by atoms with van der Waals surface area (Å²) < 4.78 is 29.5. The molecule has 10 amide bonds. The summed E-state index contributed by atoms with van der Waals surface area (Å²) in [5.41, 5.74) is 14.7. The maximum atomic E-state index is 15.4. The van der Waals surface area contributed by atoms with Gasteiger partial charge in [-0.2, -0.15) is 0 Å². The number of likely N-dealkylation sites (N-methyl/N-ethyl adjacent to an activating group) is 1. The van der Waals surface area contributed by atoms with E-state index in [1.807, 2.05) is 74.5 Å². The first kappa shape index (κ1) is 102. The molecule has 1 aromatic heterocycles. The van der Waals surface area contributed by atoms with Crippen molar-refractivity contribution in [1.29, 1.82) is 0 Å². The van der Waals surface area contributed by atoms with Gasteiger partial charge < -0.3 is 113 Å². The Hall–Kier alpha value is -8.96. The summed E-state index contributed by atoms with van der Waals surface area (Å²) in [6.45, 7) is 11.1. The molecule has 4 aromatic carbocycles. The molecule has 0 saturated carbocycles. The van der Waals surface area contributed by atoms with Crippen LogP contribution in [0.4, 0.5) is 10.5 Å². The van der Waals surface area contributed by atoms with Crippen molar-refractivity contribution < 1.29 is 96.9 Å². The van der Waals surface area contributed by atoms with Crippen molar-refractivity contribution in [2.45, 2.75) is 227 Å². The monoisotopic (exact) mass is 1840 g/mol. The fourth-order valence-electron chi connectivity index (χ4n) is 14.7. The average Bonchev–Trinajstić information content (AvgIpc) is 1.57. The number of epoxide rings is 1. The van der Waals surface area contributed by atoms with Crippen molar-refractivity contribution in [2.24, 2.45) is 17.4 Å². The van der Waals surface area contributed by atoms with E-state index in [0.29, 0.717) is 54.0 Å². The number of unbranched alkanes of at least 4 members (excludes halogenated alkanes) is 1. The Kier molecular flexibility index (Phi) is 40.7. The van der Waals surface area contributed by atoms with Crippen molar-refractivity contribution in [3.63, 3.8) is 0 Å². The summed E-state index contributed by atoms with van der Waals surface area (Å²) in [5, 5.41) is 66.8. The van der Waals surface area contributed by atoms with Crippen LogP contribution < -0.4 is 63.6 Å². The molecule has 17 N–H and O–H groups in total. The minimum absolute atomic E-state index is 0.00919. The van der Waals surface area contributed by atoms with E-state index in [1.54, 1.807) is 74.7 Å². The number of carbonyl (C=O) groups excluding carboxylic acids is 11. The fourth-order valence-corrected chi connectivity index (χ4v) is 19.6. The van der Waals surface area contributed by atoms with Crippen LogP contribution in [0.15, 0.2) is 127 Å². The molecule has 38 heteroatoms. The number of amides is 10. The molecule has 19 atom stereocenters. The molecule has 2 saturated heterocycles. The number of para-hydroxylation sites is 1. The van der Waals surface area contributed by atoms with Gasteiger partial charge in [0.25, 0.3) is 0 Å². The number of ether oxygens (including phenoxy) is 5. The van der Waals surface area contributed by atoms with E-state index in [9.17, 15) is 54.0 Å². The van der Waals surface area contributed by atoms with E-state index in [0.717, 1.165) is 49.2 Å². The minimum atomic E-state index is -1.73. The van der Waals surface area contributed by atoms with E-state index in [1.165, 1.54) is 80.5 Å². The number of rotatable bonds is 32. The van der Waals surface area contributed by atoms with Gasteiger partial charge in [0.05, 0.1) is 62.3 Å². The highest BCUT2D eigenvalue weighted by Crippen LogP contribution is 2.49. The molecule has 0 aliphatic carbocycles. The Balaban J connectivity index is 0.987. The third-order valence-electron chi connectivity index (χ3n) is 22.5. The Bertz CT molecular complexity index is 4560. The van der Waals surface area contributed by atoms with Crippen molar-refractivity contribution in [2.75, 3.05) is 70.2 Å². The van der Waals surface area contributed by atoms with Crippen molar-refractivity contribution in [3.8, 4) is 5.75 Å². The van der Waals surface area contributed by atoms with Crippen molar-refractivity contribution in [3.05, 3.63) is 154 Å². The molecule has 690 valence electrons. The molecule has 2 unspecified atom stereocenters. The number of nitrogens with two attached hydrogens (primary N) is 2. The third kappa shape index (κ3) is 30.1. The number of aliphatic hydroxyl groups is 4. The lowest BCUT2D eigenvalue weighted by Crippen LogP contribution is -2.62. The highest BCUT2D eigenvalue weighted by molar-refractivity contribution is 8.77. The number of H-pyrrole nitrogens is 1. The van der Waals surface area contributed by atoms with Crippen LogP contribution in [0.3, 0.4) is 0 Å². The second-order valence-corrected chi connectivity index (χ2v) is 38.0. The molecule has 3 aliphatic heterocycles. The Morgan fingerprint density at radius 2 is 1.48 bits per heavy atom. The van der Waals surface area contributed by atoms with Gasteiger partial charge in [-0.15, -0.1) is 0 Å². The number of fused-ring (bicyclic) bond motifs is 4. The quantitative estimate of drug-likeness (QED) is 0.0117. The highest BCUT2D eigenvalue weighted by atomic mass is 35.5. The van der Waals surface area contributed by atoms with Gasteiger partial charge in [0.2, 0.25) is 53.2 Å². The van der Waals surface area contributed by atoms with Gasteiger partial charge in [-0.3, -0.25) is 43.2 Å². The number of aromatic amines is 1. The van der Waals surface area contributed by atoms with E-state index in [-0.39, 0.29) is 73.4 Å². The molecule has 4 heterocycles. The number of nitrogens with zero attached hydrogens (tertiary/aromatic N) is 2. The zero-order valence-corrected chi connectivity index (χ0v) is 76.9. The molecule has 8 rings (SSSR count). The number of carbonyl (C=O) groups is 11. The van der Waals surface area contributed by atoms with Gasteiger partial charge in [0.1, 0.15) is 77.0 Å². The van der Waals surface area contributed by atoms with Crippen LogP contribution in [-0.2, 0) is 92.6 Å². The normalized spacial score (nSPS) is 25.6. The Morgan fingerprint density at radius 3 is 2.13 bits per heavy atom. The number of hydrogen-bond acceptors (Lipinski definition) is 26. The molecule has 0 radical (unpaired) electrons. The third-order valence-corrected chi connectivity index (χ3v) is 28.3.